The van der Waals surface area contributed by atoms with Crippen LogP contribution in [0.15, 0.2) is 30.3 Å². The third-order valence-corrected chi connectivity index (χ3v) is 5.85. The predicted molar refractivity (Wildman–Crippen MR) is 114 cm³/mol. The Morgan fingerprint density at radius 2 is 1.71 bits per heavy atom. The quantitative estimate of drug-likeness (QED) is 0.758. The highest BCUT2D eigenvalue weighted by Crippen LogP contribution is 2.34. The molecule has 0 saturated carbocycles. The molecule has 1 unspecified atom stereocenters. The molecule has 2 aromatic carbocycles. The molecule has 28 heavy (non-hydrogen) atoms. The Hall–Kier alpha value is -2.25. The first-order valence-electron chi connectivity index (χ1n) is 8.67. The second-order valence-corrected chi connectivity index (χ2v) is 9.11. The van der Waals surface area contributed by atoms with E-state index in [4.69, 9.17) is 16.3 Å². The fourth-order valence-corrected chi connectivity index (χ4v) is 4.56. The fourth-order valence-electron chi connectivity index (χ4n) is 3.22. The summed E-state index contributed by atoms with van der Waals surface area (Å²) < 4.78 is 31.4. The standard InChI is InChI=1S/C20H25ClN2O4S/c1-12-9-13(2)19(14(3)10-12)22-20(24)15(4)23(28(6,25)26)17-11-16(21)7-8-18(17)27-5/h7-11,15H,1-6H3,(H,22,24). The Morgan fingerprint density at radius 1 is 1.14 bits per heavy atom. The van der Waals surface area contributed by atoms with Crippen molar-refractivity contribution in [1.82, 2.24) is 0 Å². The van der Waals surface area contributed by atoms with Gasteiger partial charge in [-0.2, -0.15) is 0 Å². The zero-order valence-electron chi connectivity index (χ0n) is 16.8. The van der Waals surface area contributed by atoms with Crippen molar-refractivity contribution in [1.29, 1.82) is 0 Å². The molecule has 0 fully saturated rings. The number of carbonyl (C=O) groups excluding carboxylic acids is 1. The monoisotopic (exact) mass is 424 g/mol. The summed E-state index contributed by atoms with van der Waals surface area (Å²) in [6, 6.07) is 7.52. The summed E-state index contributed by atoms with van der Waals surface area (Å²) in [6.07, 6.45) is 1.04. The number of amides is 1. The van der Waals surface area contributed by atoms with E-state index >= 15 is 0 Å². The largest absolute Gasteiger partial charge is 0.495 e. The van der Waals surface area contributed by atoms with Crippen LogP contribution >= 0.6 is 11.6 Å². The number of hydrogen-bond acceptors (Lipinski definition) is 4. The zero-order chi connectivity index (χ0) is 21.2. The Kier molecular flexibility index (Phi) is 6.62. The van der Waals surface area contributed by atoms with Crippen LogP contribution in [-0.4, -0.2) is 33.7 Å². The lowest BCUT2D eigenvalue weighted by Gasteiger charge is -2.30. The van der Waals surface area contributed by atoms with Gasteiger partial charge in [0.05, 0.1) is 19.1 Å². The minimum absolute atomic E-state index is 0.206. The number of nitrogens with one attached hydrogen (secondary N) is 1. The van der Waals surface area contributed by atoms with E-state index < -0.39 is 22.0 Å². The van der Waals surface area contributed by atoms with Crippen LogP contribution in [-0.2, 0) is 14.8 Å². The number of nitrogens with zero attached hydrogens (tertiary/aromatic N) is 1. The molecule has 0 radical (unpaired) electrons. The first-order chi connectivity index (χ1) is 13.0. The Morgan fingerprint density at radius 3 is 2.21 bits per heavy atom. The van der Waals surface area contributed by atoms with E-state index in [1.165, 1.54) is 20.1 Å². The van der Waals surface area contributed by atoms with Crippen molar-refractivity contribution in [3.63, 3.8) is 0 Å². The maximum Gasteiger partial charge on any atom is 0.248 e. The van der Waals surface area contributed by atoms with Crippen molar-refractivity contribution in [2.45, 2.75) is 33.7 Å². The number of ether oxygens (including phenoxy) is 1. The highest BCUT2D eigenvalue weighted by atomic mass is 35.5. The smallest absolute Gasteiger partial charge is 0.248 e. The van der Waals surface area contributed by atoms with Crippen LogP contribution in [0.3, 0.4) is 0 Å². The number of anilines is 2. The second-order valence-electron chi connectivity index (χ2n) is 6.81. The Bertz CT molecular complexity index is 982. The van der Waals surface area contributed by atoms with Gasteiger partial charge in [-0.1, -0.05) is 29.3 Å². The SMILES string of the molecule is COc1ccc(Cl)cc1N(C(C)C(=O)Nc1c(C)cc(C)cc1C)S(C)(=O)=O. The van der Waals surface area contributed by atoms with Gasteiger partial charge in [0.15, 0.2) is 0 Å². The maximum absolute atomic E-state index is 13.0. The van der Waals surface area contributed by atoms with Crippen LogP contribution in [0, 0.1) is 20.8 Å². The topological polar surface area (TPSA) is 75.7 Å². The minimum Gasteiger partial charge on any atom is -0.495 e. The van der Waals surface area contributed by atoms with Gasteiger partial charge in [-0.05, 0) is 57.0 Å². The van der Waals surface area contributed by atoms with Gasteiger partial charge in [-0.15, -0.1) is 0 Å². The van der Waals surface area contributed by atoms with Gasteiger partial charge in [0.25, 0.3) is 0 Å². The predicted octanol–water partition coefficient (Wildman–Crippen LogP) is 4.07. The minimum atomic E-state index is -3.80. The molecular formula is C20H25ClN2O4S. The lowest BCUT2D eigenvalue weighted by Crippen LogP contribution is -2.45. The average Bonchev–Trinajstić information content (AvgIpc) is 2.57. The first kappa shape index (κ1) is 22.0. The van der Waals surface area contributed by atoms with Gasteiger partial charge < -0.3 is 10.1 Å². The molecule has 0 heterocycles. The normalized spacial score (nSPS) is 12.4. The van der Waals surface area contributed by atoms with Crippen molar-refractivity contribution < 1.29 is 17.9 Å². The lowest BCUT2D eigenvalue weighted by atomic mass is 10.0. The first-order valence-corrected chi connectivity index (χ1v) is 10.9. The highest BCUT2D eigenvalue weighted by molar-refractivity contribution is 7.92. The van der Waals surface area contributed by atoms with Crippen molar-refractivity contribution in [3.05, 3.63) is 52.0 Å². The van der Waals surface area contributed by atoms with E-state index in [0.717, 1.165) is 27.3 Å². The maximum atomic E-state index is 13.0. The second kappa shape index (κ2) is 8.41. The van der Waals surface area contributed by atoms with E-state index in [9.17, 15) is 13.2 Å². The summed E-state index contributed by atoms with van der Waals surface area (Å²) >= 11 is 6.06. The van der Waals surface area contributed by atoms with Gasteiger partial charge in [-0.3, -0.25) is 9.10 Å². The van der Waals surface area contributed by atoms with Gasteiger partial charge in [0.2, 0.25) is 15.9 Å². The average molecular weight is 425 g/mol. The molecule has 0 aliphatic rings. The lowest BCUT2D eigenvalue weighted by molar-refractivity contribution is -0.116. The van der Waals surface area contributed by atoms with Gasteiger partial charge in [-0.25, -0.2) is 8.42 Å². The van der Waals surface area contributed by atoms with Crippen LogP contribution in [0.5, 0.6) is 5.75 Å². The molecule has 1 N–H and O–H groups in total. The number of sulfonamides is 1. The van der Waals surface area contributed by atoms with Crippen molar-refractivity contribution >= 4 is 38.9 Å². The number of halogens is 1. The molecule has 0 aliphatic heterocycles. The van der Waals surface area contributed by atoms with Crippen LogP contribution < -0.4 is 14.4 Å². The molecule has 152 valence electrons. The van der Waals surface area contributed by atoms with Crippen LogP contribution in [0.25, 0.3) is 0 Å². The van der Waals surface area contributed by atoms with Crippen molar-refractivity contribution in [3.8, 4) is 5.75 Å². The zero-order valence-corrected chi connectivity index (χ0v) is 18.4. The van der Waals surface area contributed by atoms with E-state index in [1.807, 2.05) is 32.9 Å². The third kappa shape index (κ3) is 4.77. The van der Waals surface area contributed by atoms with E-state index in [1.54, 1.807) is 12.1 Å². The molecule has 1 amide bonds. The summed E-state index contributed by atoms with van der Waals surface area (Å²) in [6.45, 7) is 7.30. The molecular weight excluding hydrogens is 400 g/mol. The van der Waals surface area contributed by atoms with E-state index in [2.05, 4.69) is 5.32 Å². The summed E-state index contributed by atoms with van der Waals surface area (Å²) in [4.78, 5) is 13.0. The van der Waals surface area contributed by atoms with Gasteiger partial charge in [0, 0.05) is 10.7 Å². The van der Waals surface area contributed by atoms with Gasteiger partial charge in [0.1, 0.15) is 11.8 Å². The fraction of sp³-hybridized carbons (Fsp3) is 0.350. The Balaban J connectivity index is 2.46. The van der Waals surface area contributed by atoms with E-state index in [0.29, 0.717) is 16.5 Å². The van der Waals surface area contributed by atoms with Crippen LogP contribution in [0.1, 0.15) is 23.6 Å². The molecule has 0 aliphatic carbocycles. The molecule has 8 heteroatoms. The summed E-state index contributed by atoms with van der Waals surface area (Å²) in [5.74, 6) is -0.153. The number of aryl methyl sites for hydroxylation is 3. The number of rotatable bonds is 6. The molecule has 0 bridgehead atoms. The molecule has 0 saturated heterocycles. The van der Waals surface area contributed by atoms with Crippen LogP contribution in [0.2, 0.25) is 5.02 Å². The highest BCUT2D eigenvalue weighted by Gasteiger charge is 2.32. The Labute approximate surface area is 171 Å². The molecule has 0 aromatic heterocycles. The number of carbonyl (C=O) groups is 1. The number of methoxy groups -OCH3 is 1. The summed E-state index contributed by atoms with van der Waals surface area (Å²) in [7, 11) is -2.37. The molecule has 2 rings (SSSR count). The molecule has 6 nitrogen and oxygen atoms in total. The third-order valence-electron chi connectivity index (χ3n) is 4.39. The summed E-state index contributed by atoms with van der Waals surface area (Å²) in [5, 5.41) is 3.20. The number of benzene rings is 2. The molecule has 2 aromatic rings. The van der Waals surface area contributed by atoms with Crippen molar-refractivity contribution in [2.24, 2.45) is 0 Å². The van der Waals surface area contributed by atoms with Crippen LogP contribution in [0.4, 0.5) is 11.4 Å². The molecule has 0 spiro atoms. The number of hydrogen-bond donors (Lipinski definition) is 1. The van der Waals surface area contributed by atoms with Crippen molar-refractivity contribution in [2.75, 3.05) is 23.0 Å². The van der Waals surface area contributed by atoms with Gasteiger partial charge >= 0.3 is 0 Å². The molecule has 1 atom stereocenters. The van der Waals surface area contributed by atoms with E-state index in [-0.39, 0.29) is 5.69 Å². The summed E-state index contributed by atoms with van der Waals surface area (Å²) in [5.41, 5.74) is 3.78.